The lowest BCUT2D eigenvalue weighted by Crippen LogP contribution is -2.50. The third-order valence-electron chi connectivity index (χ3n) is 3.97. The maximum absolute atomic E-state index is 12.2. The molecule has 19 heavy (non-hydrogen) atoms. The lowest BCUT2D eigenvalue weighted by Gasteiger charge is -2.29. The number of nitrogens with one attached hydrogen (secondary N) is 1. The topological polar surface area (TPSA) is 75.4 Å². The van der Waals surface area contributed by atoms with Crippen molar-refractivity contribution in [3.63, 3.8) is 0 Å². The Morgan fingerprint density at radius 1 is 1.26 bits per heavy atom. The second kappa shape index (κ2) is 6.84. The molecule has 0 atom stereocenters. The SMILES string of the molecule is CCC(CC)(C(=O)NCC(=O)N1CCCC1)C(N)=S. The molecule has 1 aliphatic heterocycles. The monoisotopic (exact) mass is 285 g/mol. The van der Waals surface area contributed by atoms with Gasteiger partial charge in [0, 0.05) is 13.1 Å². The smallest absolute Gasteiger partial charge is 0.241 e. The van der Waals surface area contributed by atoms with Gasteiger partial charge >= 0.3 is 0 Å². The first kappa shape index (κ1) is 15.9. The van der Waals surface area contributed by atoms with Gasteiger partial charge in [-0.2, -0.15) is 0 Å². The zero-order chi connectivity index (χ0) is 14.5. The van der Waals surface area contributed by atoms with Crippen molar-refractivity contribution >= 4 is 29.0 Å². The number of nitrogens with zero attached hydrogens (tertiary/aromatic N) is 1. The molecule has 0 bridgehead atoms. The van der Waals surface area contributed by atoms with Crippen LogP contribution in [-0.2, 0) is 9.59 Å². The molecule has 0 saturated carbocycles. The molecule has 3 N–H and O–H groups in total. The van der Waals surface area contributed by atoms with E-state index in [9.17, 15) is 9.59 Å². The van der Waals surface area contributed by atoms with E-state index >= 15 is 0 Å². The van der Waals surface area contributed by atoms with E-state index in [2.05, 4.69) is 5.32 Å². The summed E-state index contributed by atoms with van der Waals surface area (Å²) in [6.45, 7) is 5.37. The van der Waals surface area contributed by atoms with Crippen LogP contribution < -0.4 is 11.1 Å². The van der Waals surface area contributed by atoms with Gasteiger partial charge in [0.15, 0.2) is 0 Å². The van der Waals surface area contributed by atoms with Gasteiger partial charge in [-0.05, 0) is 25.7 Å². The van der Waals surface area contributed by atoms with E-state index in [-0.39, 0.29) is 23.3 Å². The molecule has 0 aromatic rings. The van der Waals surface area contributed by atoms with Gasteiger partial charge in [0.1, 0.15) is 0 Å². The average molecular weight is 285 g/mol. The summed E-state index contributed by atoms with van der Waals surface area (Å²) in [4.78, 5) is 26.1. The van der Waals surface area contributed by atoms with Gasteiger partial charge in [0.25, 0.3) is 0 Å². The second-order valence-corrected chi connectivity index (χ2v) is 5.36. The fourth-order valence-electron chi connectivity index (χ4n) is 2.43. The van der Waals surface area contributed by atoms with Crippen molar-refractivity contribution in [2.45, 2.75) is 39.5 Å². The molecule has 1 rings (SSSR count). The first-order valence-electron chi connectivity index (χ1n) is 6.84. The molecule has 1 heterocycles. The number of carbonyl (C=O) groups excluding carboxylic acids is 2. The van der Waals surface area contributed by atoms with Crippen LogP contribution in [0.5, 0.6) is 0 Å². The van der Waals surface area contributed by atoms with E-state index < -0.39 is 5.41 Å². The van der Waals surface area contributed by atoms with E-state index in [1.54, 1.807) is 4.90 Å². The summed E-state index contributed by atoms with van der Waals surface area (Å²) < 4.78 is 0. The molecule has 5 nitrogen and oxygen atoms in total. The molecule has 0 aromatic heterocycles. The summed E-state index contributed by atoms with van der Waals surface area (Å²) in [6, 6.07) is 0. The van der Waals surface area contributed by atoms with Crippen molar-refractivity contribution in [1.82, 2.24) is 10.2 Å². The second-order valence-electron chi connectivity index (χ2n) is 4.92. The normalized spacial score (nSPS) is 15.4. The van der Waals surface area contributed by atoms with Crippen molar-refractivity contribution in [2.24, 2.45) is 11.1 Å². The minimum Gasteiger partial charge on any atom is -0.392 e. The van der Waals surface area contributed by atoms with Gasteiger partial charge < -0.3 is 16.0 Å². The van der Waals surface area contributed by atoms with Crippen LogP contribution in [0, 0.1) is 5.41 Å². The van der Waals surface area contributed by atoms with Crippen LogP contribution in [0.2, 0.25) is 0 Å². The first-order chi connectivity index (χ1) is 8.97. The van der Waals surface area contributed by atoms with E-state index in [0.29, 0.717) is 12.8 Å². The van der Waals surface area contributed by atoms with Crippen molar-refractivity contribution in [1.29, 1.82) is 0 Å². The lowest BCUT2D eigenvalue weighted by atomic mass is 9.81. The molecular weight excluding hydrogens is 262 g/mol. The molecule has 0 aliphatic carbocycles. The van der Waals surface area contributed by atoms with Gasteiger partial charge in [0.05, 0.1) is 16.9 Å². The Morgan fingerprint density at radius 3 is 2.21 bits per heavy atom. The van der Waals surface area contributed by atoms with E-state index in [4.69, 9.17) is 18.0 Å². The number of hydrogen-bond donors (Lipinski definition) is 2. The van der Waals surface area contributed by atoms with Gasteiger partial charge in [-0.25, -0.2) is 0 Å². The highest BCUT2D eigenvalue weighted by Gasteiger charge is 2.38. The standard InChI is InChI=1S/C13H23N3O2S/c1-3-13(4-2,11(14)19)12(18)15-9-10(17)16-7-5-6-8-16/h3-9H2,1-2H3,(H2,14,19)(H,15,18). The summed E-state index contributed by atoms with van der Waals surface area (Å²) in [5.41, 5.74) is 4.86. The van der Waals surface area contributed by atoms with Gasteiger partial charge in [-0.15, -0.1) is 0 Å². The number of likely N-dealkylation sites (tertiary alicyclic amines) is 1. The third-order valence-corrected chi connectivity index (χ3v) is 4.36. The van der Waals surface area contributed by atoms with Crippen LogP contribution in [0.4, 0.5) is 0 Å². The molecule has 0 spiro atoms. The van der Waals surface area contributed by atoms with Gasteiger partial charge in [0.2, 0.25) is 11.8 Å². The van der Waals surface area contributed by atoms with E-state index in [1.165, 1.54) is 0 Å². The molecule has 108 valence electrons. The number of carbonyl (C=O) groups is 2. The van der Waals surface area contributed by atoms with Crippen molar-refractivity contribution < 1.29 is 9.59 Å². The summed E-state index contributed by atoms with van der Waals surface area (Å²) in [6.07, 6.45) is 3.17. The fraction of sp³-hybridized carbons (Fsp3) is 0.769. The molecule has 0 radical (unpaired) electrons. The Balaban J connectivity index is 2.57. The van der Waals surface area contributed by atoms with Gasteiger partial charge in [-0.3, -0.25) is 9.59 Å². The highest BCUT2D eigenvalue weighted by Crippen LogP contribution is 2.27. The largest absolute Gasteiger partial charge is 0.392 e. The summed E-state index contributed by atoms with van der Waals surface area (Å²) in [7, 11) is 0. The molecule has 0 aromatic carbocycles. The summed E-state index contributed by atoms with van der Waals surface area (Å²) >= 11 is 5.01. The number of rotatable bonds is 6. The highest BCUT2D eigenvalue weighted by atomic mass is 32.1. The fourth-order valence-corrected chi connectivity index (χ4v) is 2.82. The highest BCUT2D eigenvalue weighted by molar-refractivity contribution is 7.80. The molecule has 6 heteroatoms. The Morgan fingerprint density at radius 2 is 1.79 bits per heavy atom. The molecule has 1 aliphatic rings. The van der Waals surface area contributed by atoms with Crippen LogP contribution in [0.3, 0.4) is 0 Å². The quantitative estimate of drug-likeness (QED) is 0.708. The van der Waals surface area contributed by atoms with E-state index in [0.717, 1.165) is 25.9 Å². The third kappa shape index (κ3) is 3.43. The Hall–Kier alpha value is -1.17. The number of thiocarbonyl (C=S) groups is 1. The number of nitrogens with two attached hydrogens (primary N) is 1. The molecule has 2 amide bonds. The van der Waals surface area contributed by atoms with Crippen LogP contribution in [0.25, 0.3) is 0 Å². The maximum atomic E-state index is 12.2. The zero-order valence-corrected chi connectivity index (χ0v) is 12.5. The first-order valence-corrected chi connectivity index (χ1v) is 7.24. The average Bonchev–Trinajstić information content (AvgIpc) is 2.91. The number of amides is 2. The lowest BCUT2D eigenvalue weighted by molar-refractivity contribution is -0.134. The van der Waals surface area contributed by atoms with Crippen molar-refractivity contribution in [3.05, 3.63) is 0 Å². The Bertz CT molecular complexity index is 361. The molecule has 1 saturated heterocycles. The van der Waals surface area contributed by atoms with Gasteiger partial charge in [-0.1, -0.05) is 26.1 Å². The molecule has 1 fully saturated rings. The maximum Gasteiger partial charge on any atom is 0.241 e. The summed E-state index contributed by atoms with van der Waals surface area (Å²) in [5, 5.41) is 2.69. The van der Waals surface area contributed by atoms with Crippen molar-refractivity contribution in [2.75, 3.05) is 19.6 Å². The Kier molecular flexibility index (Phi) is 5.72. The molecular formula is C13H23N3O2S. The zero-order valence-electron chi connectivity index (χ0n) is 11.7. The van der Waals surface area contributed by atoms with Crippen LogP contribution >= 0.6 is 12.2 Å². The van der Waals surface area contributed by atoms with E-state index in [1.807, 2.05) is 13.8 Å². The van der Waals surface area contributed by atoms with Crippen LogP contribution in [0.15, 0.2) is 0 Å². The molecule has 0 unspecified atom stereocenters. The number of hydrogen-bond acceptors (Lipinski definition) is 3. The van der Waals surface area contributed by atoms with Crippen molar-refractivity contribution in [3.8, 4) is 0 Å². The minimum absolute atomic E-state index is 0.0309. The van der Waals surface area contributed by atoms with Crippen LogP contribution in [-0.4, -0.2) is 41.3 Å². The minimum atomic E-state index is -0.833. The Labute approximate surface area is 119 Å². The van der Waals surface area contributed by atoms with Crippen LogP contribution in [0.1, 0.15) is 39.5 Å². The summed E-state index contributed by atoms with van der Waals surface area (Å²) in [5.74, 6) is -0.271. The predicted octanol–water partition coefficient (Wildman–Crippen LogP) is 0.818. The predicted molar refractivity (Wildman–Crippen MR) is 78.6 cm³/mol.